The fourth-order valence-electron chi connectivity index (χ4n) is 2.46. The topological polar surface area (TPSA) is 62.2 Å². The Balaban J connectivity index is 1.79. The molecule has 1 heterocycles. The van der Waals surface area contributed by atoms with Crippen LogP contribution in [-0.2, 0) is 10.2 Å². The molecule has 2 rings (SSSR count). The lowest BCUT2D eigenvalue weighted by atomic mass is 9.80. The lowest BCUT2D eigenvalue weighted by Gasteiger charge is -2.25. The van der Waals surface area contributed by atoms with E-state index < -0.39 is 6.10 Å². The van der Waals surface area contributed by atoms with Crippen molar-refractivity contribution in [3.8, 4) is 0 Å². The number of nitrogens with zero attached hydrogens (tertiary/aromatic N) is 1. The lowest BCUT2D eigenvalue weighted by Crippen LogP contribution is -2.30. The maximum atomic E-state index is 12.0. The zero-order valence-corrected chi connectivity index (χ0v) is 13.7. The van der Waals surface area contributed by atoms with Crippen molar-refractivity contribution in [2.24, 2.45) is 0 Å². The molecule has 4 heteroatoms. The molecule has 1 atom stereocenters. The zero-order valence-electron chi connectivity index (χ0n) is 13.7. The predicted octanol–water partition coefficient (Wildman–Crippen LogP) is 2.99. The van der Waals surface area contributed by atoms with Crippen LogP contribution in [0, 0.1) is 0 Å². The largest absolute Gasteiger partial charge is 0.387 e. The van der Waals surface area contributed by atoms with Crippen LogP contribution in [0.3, 0.4) is 0 Å². The molecule has 2 aromatic rings. The number of amides is 1. The number of aliphatic hydroxyl groups is 1. The van der Waals surface area contributed by atoms with Crippen molar-refractivity contribution in [1.82, 2.24) is 10.3 Å². The smallest absolute Gasteiger partial charge is 0.220 e. The van der Waals surface area contributed by atoms with Crippen molar-refractivity contribution in [2.45, 2.75) is 38.2 Å². The molecule has 1 amide bonds. The van der Waals surface area contributed by atoms with Crippen LogP contribution in [0.1, 0.15) is 43.9 Å². The van der Waals surface area contributed by atoms with Gasteiger partial charge < -0.3 is 10.4 Å². The molecule has 4 nitrogen and oxygen atoms in total. The molecule has 122 valence electrons. The summed E-state index contributed by atoms with van der Waals surface area (Å²) in [4.78, 5) is 15.9. The summed E-state index contributed by atoms with van der Waals surface area (Å²) >= 11 is 0. The average Bonchev–Trinajstić information content (AvgIpc) is 2.59. The van der Waals surface area contributed by atoms with E-state index in [-0.39, 0.29) is 17.9 Å². The highest BCUT2D eigenvalue weighted by Gasteiger charge is 2.21. The van der Waals surface area contributed by atoms with Gasteiger partial charge in [0, 0.05) is 25.4 Å². The maximum Gasteiger partial charge on any atom is 0.220 e. The van der Waals surface area contributed by atoms with Crippen LogP contribution in [0.4, 0.5) is 0 Å². The number of benzene rings is 1. The first-order valence-corrected chi connectivity index (χ1v) is 7.89. The number of hydrogen-bond acceptors (Lipinski definition) is 3. The molecule has 1 aromatic heterocycles. The van der Waals surface area contributed by atoms with E-state index in [9.17, 15) is 9.90 Å². The summed E-state index contributed by atoms with van der Waals surface area (Å²) in [7, 11) is 0. The van der Waals surface area contributed by atoms with Gasteiger partial charge in [-0.15, -0.1) is 0 Å². The van der Waals surface area contributed by atoms with Crippen LogP contribution < -0.4 is 5.32 Å². The third-order valence-corrected chi connectivity index (χ3v) is 4.12. The summed E-state index contributed by atoms with van der Waals surface area (Å²) in [5.41, 5.74) is 1.93. The van der Waals surface area contributed by atoms with Gasteiger partial charge in [-0.1, -0.05) is 44.2 Å². The van der Waals surface area contributed by atoms with Crippen LogP contribution in [-0.4, -0.2) is 22.5 Å². The van der Waals surface area contributed by atoms with Crippen LogP contribution in [0.15, 0.2) is 54.9 Å². The summed E-state index contributed by atoms with van der Waals surface area (Å²) < 4.78 is 0. The maximum absolute atomic E-state index is 12.0. The average molecular weight is 312 g/mol. The van der Waals surface area contributed by atoms with Crippen molar-refractivity contribution < 1.29 is 9.90 Å². The van der Waals surface area contributed by atoms with Crippen LogP contribution in [0.25, 0.3) is 0 Å². The molecule has 0 saturated carbocycles. The standard InChI is InChI=1S/C19H24N2O2/c1-19(2,16-6-4-3-5-7-16)11-8-18(23)21-14-17(22)15-9-12-20-13-10-15/h3-7,9-10,12-13,17,22H,8,11,14H2,1-2H3,(H,21,23). The number of carbonyl (C=O) groups excluding carboxylic acids is 1. The molecule has 0 spiro atoms. The normalized spacial score (nSPS) is 12.7. The van der Waals surface area contributed by atoms with Crippen LogP contribution >= 0.6 is 0 Å². The minimum atomic E-state index is -0.705. The van der Waals surface area contributed by atoms with Crippen LogP contribution in [0.2, 0.25) is 0 Å². The second kappa shape index (κ2) is 7.88. The molecule has 23 heavy (non-hydrogen) atoms. The van der Waals surface area contributed by atoms with Gasteiger partial charge in [-0.3, -0.25) is 9.78 Å². The summed E-state index contributed by atoms with van der Waals surface area (Å²) in [5, 5.41) is 12.8. The third-order valence-electron chi connectivity index (χ3n) is 4.12. The Morgan fingerprint density at radius 2 is 1.83 bits per heavy atom. The highest BCUT2D eigenvalue weighted by atomic mass is 16.3. The monoisotopic (exact) mass is 312 g/mol. The second-order valence-electron chi connectivity index (χ2n) is 6.35. The molecule has 1 unspecified atom stereocenters. The molecular formula is C19H24N2O2. The lowest BCUT2D eigenvalue weighted by molar-refractivity contribution is -0.121. The van der Waals surface area contributed by atoms with Crippen molar-refractivity contribution in [2.75, 3.05) is 6.54 Å². The Hall–Kier alpha value is -2.20. The van der Waals surface area contributed by atoms with Crippen LogP contribution in [0.5, 0.6) is 0 Å². The summed E-state index contributed by atoms with van der Waals surface area (Å²) in [6.45, 7) is 4.50. The fourth-order valence-corrected chi connectivity index (χ4v) is 2.46. The quantitative estimate of drug-likeness (QED) is 0.826. The summed E-state index contributed by atoms with van der Waals surface area (Å²) in [6.07, 6.45) is 3.74. The molecule has 1 aromatic carbocycles. The Morgan fingerprint density at radius 1 is 1.17 bits per heavy atom. The van der Waals surface area contributed by atoms with E-state index in [1.165, 1.54) is 5.56 Å². The first-order valence-electron chi connectivity index (χ1n) is 7.89. The second-order valence-corrected chi connectivity index (χ2v) is 6.35. The van der Waals surface area contributed by atoms with E-state index >= 15 is 0 Å². The van der Waals surface area contributed by atoms with E-state index in [4.69, 9.17) is 0 Å². The van der Waals surface area contributed by atoms with Crippen molar-refractivity contribution in [1.29, 1.82) is 0 Å². The number of carbonyl (C=O) groups is 1. The molecule has 0 aliphatic carbocycles. The van der Waals surface area contributed by atoms with Gasteiger partial charge in [-0.2, -0.15) is 0 Å². The molecule has 0 saturated heterocycles. The third kappa shape index (κ3) is 5.18. The Bertz CT molecular complexity index is 612. The highest BCUT2D eigenvalue weighted by Crippen LogP contribution is 2.27. The van der Waals surface area contributed by atoms with E-state index in [2.05, 4.69) is 36.3 Å². The van der Waals surface area contributed by atoms with Gasteiger partial charge in [0.1, 0.15) is 0 Å². The molecular weight excluding hydrogens is 288 g/mol. The SMILES string of the molecule is CC(C)(CCC(=O)NCC(O)c1ccncc1)c1ccccc1. The van der Waals surface area contributed by atoms with Gasteiger partial charge in [-0.05, 0) is 35.1 Å². The summed E-state index contributed by atoms with van der Waals surface area (Å²) in [6, 6.07) is 13.7. The molecule has 0 radical (unpaired) electrons. The molecule has 0 aliphatic rings. The molecule has 0 bridgehead atoms. The molecule has 2 N–H and O–H groups in total. The number of rotatable bonds is 7. The van der Waals surface area contributed by atoms with E-state index in [0.717, 1.165) is 12.0 Å². The number of aromatic nitrogens is 1. The molecule has 0 fully saturated rings. The zero-order chi connectivity index (χ0) is 16.7. The van der Waals surface area contributed by atoms with Gasteiger partial charge in [-0.25, -0.2) is 0 Å². The number of nitrogens with one attached hydrogen (secondary N) is 1. The highest BCUT2D eigenvalue weighted by molar-refractivity contribution is 5.76. The van der Waals surface area contributed by atoms with Gasteiger partial charge in [0.25, 0.3) is 0 Å². The van der Waals surface area contributed by atoms with Gasteiger partial charge >= 0.3 is 0 Å². The Labute approximate surface area is 137 Å². The first-order chi connectivity index (χ1) is 11.0. The minimum absolute atomic E-state index is 0.0397. The Kier molecular flexibility index (Phi) is 5.88. The molecule has 0 aliphatic heterocycles. The first kappa shape index (κ1) is 17.2. The van der Waals surface area contributed by atoms with Crippen molar-refractivity contribution in [3.05, 3.63) is 66.0 Å². The van der Waals surface area contributed by atoms with Gasteiger partial charge in [0.2, 0.25) is 5.91 Å². The van der Waals surface area contributed by atoms with E-state index in [1.54, 1.807) is 24.5 Å². The fraction of sp³-hybridized carbons (Fsp3) is 0.368. The van der Waals surface area contributed by atoms with E-state index in [1.807, 2.05) is 18.2 Å². The van der Waals surface area contributed by atoms with Crippen molar-refractivity contribution >= 4 is 5.91 Å². The Morgan fingerprint density at radius 3 is 2.48 bits per heavy atom. The van der Waals surface area contributed by atoms with E-state index in [0.29, 0.717) is 6.42 Å². The minimum Gasteiger partial charge on any atom is -0.387 e. The number of aliphatic hydroxyl groups excluding tert-OH is 1. The summed E-state index contributed by atoms with van der Waals surface area (Å²) in [5.74, 6) is -0.0397. The van der Waals surface area contributed by atoms with Crippen molar-refractivity contribution in [3.63, 3.8) is 0 Å². The predicted molar refractivity (Wildman–Crippen MR) is 90.9 cm³/mol. The van der Waals surface area contributed by atoms with Gasteiger partial charge in [0.15, 0.2) is 0 Å². The number of pyridine rings is 1. The number of hydrogen-bond donors (Lipinski definition) is 2. The van der Waals surface area contributed by atoms with Gasteiger partial charge in [0.05, 0.1) is 6.10 Å².